The molecule has 11 heteroatoms. The Balaban J connectivity index is 1.47. The van der Waals surface area contributed by atoms with E-state index in [1.165, 1.54) is 23.3 Å². The Labute approximate surface area is 203 Å². The molecule has 4 rings (SSSR count). The van der Waals surface area contributed by atoms with Crippen LogP contribution in [0.5, 0.6) is 0 Å². The van der Waals surface area contributed by atoms with E-state index in [-0.39, 0.29) is 11.1 Å². The number of thiophene rings is 1. The van der Waals surface area contributed by atoms with Gasteiger partial charge in [0.25, 0.3) is 0 Å². The average Bonchev–Trinajstić information content (AvgIpc) is 3.39. The lowest BCUT2D eigenvalue weighted by Crippen LogP contribution is -2.21. The van der Waals surface area contributed by atoms with Crippen LogP contribution in [0, 0.1) is 0 Å². The monoisotopic (exact) mass is 514 g/mol. The number of anilines is 2. The highest BCUT2D eigenvalue weighted by molar-refractivity contribution is 7.80. The van der Waals surface area contributed by atoms with Crippen LogP contribution in [0.4, 0.5) is 10.8 Å². The Bertz CT molecular complexity index is 1180. The molecule has 0 unspecified atom stereocenters. The minimum Gasteiger partial charge on any atom is -0.465 e. The minimum absolute atomic E-state index is 0.284. The summed E-state index contributed by atoms with van der Waals surface area (Å²) >= 11 is 25.3. The van der Waals surface area contributed by atoms with E-state index in [4.69, 9.17) is 51.8 Å². The van der Waals surface area contributed by atoms with Gasteiger partial charge in [-0.2, -0.15) is 5.10 Å². The molecule has 0 radical (unpaired) electrons. The topological polar surface area (TPSA) is 68.2 Å². The van der Waals surface area contributed by atoms with Gasteiger partial charge in [0.15, 0.2) is 10.9 Å². The van der Waals surface area contributed by atoms with Crippen LogP contribution in [0.1, 0.15) is 32.8 Å². The van der Waals surface area contributed by atoms with Gasteiger partial charge in [-0.1, -0.05) is 40.9 Å². The van der Waals surface area contributed by atoms with Crippen LogP contribution in [0.2, 0.25) is 15.1 Å². The van der Waals surface area contributed by atoms with Crippen molar-refractivity contribution in [1.82, 2.24) is 9.78 Å². The molecule has 162 valence electrons. The molecule has 0 atom stereocenters. The van der Waals surface area contributed by atoms with Gasteiger partial charge in [0.05, 0.1) is 29.3 Å². The summed E-state index contributed by atoms with van der Waals surface area (Å²) in [7, 11) is 1.38. The number of methoxy groups -OCH3 is 1. The summed E-state index contributed by atoms with van der Waals surface area (Å²) in [6.45, 7) is 0.461. The summed E-state index contributed by atoms with van der Waals surface area (Å²) < 4.78 is 6.64. The van der Waals surface area contributed by atoms with Gasteiger partial charge in [-0.3, -0.25) is 4.68 Å². The normalized spacial score (nSPS) is 12.5. The molecular formula is C20H17Cl3N4O2S2. The molecule has 2 N–H and O–H groups in total. The lowest BCUT2D eigenvalue weighted by Gasteiger charge is -2.10. The van der Waals surface area contributed by atoms with Gasteiger partial charge in [-0.05, 0) is 54.7 Å². The lowest BCUT2D eigenvalue weighted by atomic mass is 10.1. The second kappa shape index (κ2) is 9.34. The number of hydrogen-bond acceptors (Lipinski definition) is 5. The zero-order chi connectivity index (χ0) is 22.1. The number of hydrogen-bond donors (Lipinski definition) is 2. The van der Waals surface area contributed by atoms with Crippen molar-refractivity contribution in [2.75, 3.05) is 17.7 Å². The Morgan fingerprint density at radius 1 is 1.23 bits per heavy atom. The van der Waals surface area contributed by atoms with E-state index in [1.807, 2.05) is 6.07 Å². The van der Waals surface area contributed by atoms with Crippen LogP contribution in [0.15, 0.2) is 24.4 Å². The SMILES string of the molecule is COC(=O)c1c(NC(=S)Nc2nn(Cc3ccc(Cl)c(Cl)c3)cc2Cl)sc2c1CCC2. The van der Waals surface area contributed by atoms with Crippen molar-refractivity contribution in [3.8, 4) is 0 Å². The number of benzene rings is 1. The molecule has 0 bridgehead atoms. The summed E-state index contributed by atoms with van der Waals surface area (Å²) in [5, 5.41) is 12.9. The first kappa shape index (κ1) is 22.4. The average molecular weight is 516 g/mol. The summed E-state index contributed by atoms with van der Waals surface area (Å²) in [5.41, 5.74) is 2.53. The summed E-state index contributed by atoms with van der Waals surface area (Å²) in [5.74, 6) is 0.0385. The quantitative estimate of drug-likeness (QED) is 0.319. The highest BCUT2D eigenvalue weighted by Gasteiger charge is 2.27. The summed E-state index contributed by atoms with van der Waals surface area (Å²) in [6.07, 6.45) is 4.55. The Morgan fingerprint density at radius 2 is 2.03 bits per heavy atom. The molecule has 0 fully saturated rings. The molecule has 1 aromatic carbocycles. The predicted molar refractivity (Wildman–Crippen MR) is 130 cm³/mol. The zero-order valence-corrected chi connectivity index (χ0v) is 20.2. The van der Waals surface area contributed by atoms with Gasteiger partial charge >= 0.3 is 5.97 Å². The van der Waals surface area contributed by atoms with Gasteiger partial charge in [0.2, 0.25) is 0 Å². The van der Waals surface area contributed by atoms with Gasteiger partial charge in [0, 0.05) is 11.1 Å². The standard InChI is InChI=1S/C20H17Cl3N4O2S2/c1-29-19(28)16-11-3-2-4-15(11)31-18(16)25-20(30)24-17-14(23)9-27(26-17)8-10-5-6-12(21)13(22)7-10/h5-7,9H,2-4,8H2,1H3,(H2,24,25,26,30). The van der Waals surface area contributed by atoms with Crippen LogP contribution in [0.25, 0.3) is 0 Å². The van der Waals surface area contributed by atoms with Crippen LogP contribution < -0.4 is 10.6 Å². The van der Waals surface area contributed by atoms with Crippen LogP contribution in [-0.2, 0) is 24.1 Å². The summed E-state index contributed by atoms with van der Waals surface area (Å²) in [4.78, 5) is 13.5. The highest BCUT2D eigenvalue weighted by Crippen LogP contribution is 2.39. The first-order valence-electron chi connectivity index (χ1n) is 9.33. The maximum atomic E-state index is 12.3. The van der Waals surface area contributed by atoms with Crippen molar-refractivity contribution in [1.29, 1.82) is 0 Å². The van der Waals surface area contributed by atoms with Crippen molar-refractivity contribution >= 4 is 80.3 Å². The van der Waals surface area contributed by atoms with Crippen molar-refractivity contribution < 1.29 is 9.53 Å². The third-order valence-electron chi connectivity index (χ3n) is 4.82. The molecule has 6 nitrogen and oxygen atoms in total. The van der Waals surface area contributed by atoms with Crippen molar-refractivity contribution in [2.24, 2.45) is 0 Å². The van der Waals surface area contributed by atoms with Crippen molar-refractivity contribution in [3.05, 3.63) is 61.0 Å². The van der Waals surface area contributed by atoms with E-state index in [9.17, 15) is 4.79 Å². The second-order valence-electron chi connectivity index (χ2n) is 6.90. The minimum atomic E-state index is -0.367. The van der Waals surface area contributed by atoms with E-state index < -0.39 is 0 Å². The number of nitrogens with zero attached hydrogens (tertiary/aromatic N) is 2. The van der Waals surface area contributed by atoms with Crippen molar-refractivity contribution in [2.45, 2.75) is 25.8 Å². The van der Waals surface area contributed by atoms with E-state index in [0.717, 1.165) is 30.4 Å². The number of thiocarbonyl (C=S) groups is 1. The Morgan fingerprint density at radius 3 is 2.77 bits per heavy atom. The third kappa shape index (κ3) is 4.83. The fraction of sp³-hybridized carbons (Fsp3) is 0.250. The van der Waals surface area contributed by atoms with Crippen LogP contribution in [0.3, 0.4) is 0 Å². The first-order chi connectivity index (χ1) is 14.9. The number of nitrogens with one attached hydrogen (secondary N) is 2. The van der Waals surface area contributed by atoms with Crippen LogP contribution in [-0.4, -0.2) is 28.0 Å². The number of aryl methyl sites for hydroxylation is 1. The number of carbonyl (C=O) groups excluding carboxylic acids is 1. The number of halogens is 3. The predicted octanol–water partition coefficient (Wildman–Crippen LogP) is 6.04. The molecule has 0 spiro atoms. The lowest BCUT2D eigenvalue weighted by molar-refractivity contribution is 0.0601. The largest absolute Gasteiger partial charge is 0.465 e. The Hall–Kier alpha value is -1.84. The number of ether oxygens (including phenoxy) is 1. The molecule has 0 amide bonds. The maximum Gasteiger partial charge on any atom is 0.341 e. The van der Waals surface area contributed by atoms with E-state index in [1.54, 1.807) is 23.0 Å². The molecule has 31 heavy (non-hydrogen) atoms. The molecule has 2 aromatic heterocycles. The Kier molecular flexibility index (Phi) is 6.74. The second-order valence-corrected chi connectivity index (χ2v) is 9.64. The molecule has 0 saturated heterocycles. The van der Waals surface area contributed by atoms with E-state index in [2.05, 4.69) is 15.7 Å². The number of esters is 1. The number of carbonyl (C=O) groups is 1. The van der Waals surface area contributed by atoms with E-state index >= 15 is 0 Å². The molecule has 1 aliphatic rings. The number of rotatable bonds is 5. The van der Waals surface area contributed by atoms with Crippen molar-refractivity contribution in [3.63, 3.8) is 0 Å². The van der Waals surface area contributed by atoms with Gasteiger partial charge in [-0.25, -0.2) is 4.79 Å². The fourth-order valence-electron chi connectivity index (χ4n) is 3.44. The number of aromatic nitrogens is 2. The molecule has 3 aromatic rings. The maximum absolute atomic E-state index is 12.3. The molecular weight excluding hydrogens is 499 g/mol. The van der Waals surface area contributed by atoms with E-state index in [0.29, 0.717) is 38.0 Å². The highest BCUT2D eigenvalue weighted by atomic mass is 35.5. The first-order valence-corrected chi connectivity index (χ1v) is 11.7. The molecule has 1 aliphatic carbocycles. The van der Waals surface area contributed by atoms with Crippen LogP contribution >= 0.6 is 58.4 Å². The fourth-order valence-corrected chi connectivity index (χ4v) is 5.50. The van der Waals surface area contributed by atoms with Gasteiger partial charge in [-0.15, -0.1) is 11.3 Å². The smallest absolute Gasteiger partial charge is 0.341 e. The zero-order valence-electron chi connectivity index (χ0n) is 16.3. The molecule has 0 saturated carbocycles. The molecule has 0 aliphatic heterocycles. The molecule has 2 heterocycles. The number of fused-ring (bicyclic) bond motifs is 1. The van der Waals surface area contributed by atoms with Gasteiger partial charge < -0.3 is 15.4 Å². The van der Waals surface area contributed by atoms with Gasteiger partial charge in [0.1, 0.15) is 10.0 Å². The third-order valence-corrected chi connectivity index (χ3v) is 7.24. The summed E-state index contributed by atoms with van der Waals surface area (Å²) in [6, 6.07) is 5.39.